The summed E-state index contributed by atoms with van der Waals surface area (Å²) in [7, 11) is 3.86. The van der Waals surface area contributed by atoms with Gasteiger partial charge in [0, 0.05) is 24.3 Å². The maximum absolute atomic E-state index is 12.4. The highest BCUT2D eigenvalue weighted by atomic mass is 35.5. The lowest BCUT2D eigenvalue weighted by Gasteiger charge is -2.31. The van der Waals surface area contributed by atoms with Crippen LogP contribution in [-0.2, 0) is 9.59 Å². The molecule has 1 aliphatic rings. The minimum atomic E-state index is -0.753. The van der Waals surface area contributed by atoms with Gasteiger partial charge in [0.2, 0.25) is 11.8 Å². The van der Waals surface area contributed by atoms with Crippen molar-refractivity contribution in [1.29, 1.82) is 0 Å². The molecule has 1 aromatic rings. The fourth-order valence-electron chi connectivity index (χ4n) is 2.85. The first-order chi connectivity index (χ1) is 11.4. The van der Waals surface area contributed by atoms with Gasteiger partial charge in [0.05, 0.1) is 5.54 Å². The molecule has 148 valence electrons. The molecule has 0 spiro atoms. The van der Waals surface area contributed by atoms with E-state index in [2.05, 4.69) is 10.6 Å². The van der Waals surface area contributed by atoms with Gasteiger partial charge >= 0.3 is 0 Å². The zero-order chi connectivity index (χ0) is 17.6. The van der Waals surface area contributed by atoms with Crippen molar-refractivity contribution < 1.29 is 9.59 Å². The van der Waals surface area contributed by atoms with Gasteiger partial charge in [0.15, 0.2) is 0 Å². The van der Waals surface area contributed by atoms with Gasteiger partial charge in [0.25, 0.3) is 0 Å². The molecule has 4 N–H and O–H groups in total. The molecule has 6 nitrogen and oxygen atoms in total. The molecule has 8 heteroatoms. The number of nitrogens with one attached hydrogen (secondary N) is 2. The molecule has 2 amide bonds. The average Bonchev–Trinajstić information content (AvgIpc) is 2.55. The number of rotatable bonds is 6. The molecule has 0 heterocycles. The van der Waals surface area contributed by atoms with Crippen molar-refractivity contribution in [1.82, 2.24) is 4.90 Å². The summed E-state index contributed by atoms with van der Waals surface area (Å²) in [6, 6.07) is 7.14. The number of anilines is 2. The van der Waals surface area contributed by atoms with Gasteiger partial charge in [-0.15, -0.1) is 24.8 Å². The normalized spacial score (nSPS) is 15.4. The van der Waals surface area contributed by atoms with Crippen LogP contribution >= 0.6 is 24.8 Å². The highest BCUT2D eigenvalue weighted by Gasteiger charge is 2.35. The summed E-state index contributed by atoms with van der Waals surface area (Å²) in [5.74, 6) is -0.145. The number of carbonyl (C=O) groups is 2. The number of amides is 2. The Kier molecular flexibility index (Phi) is 10.8. The van der Waals surface area contributed by atoms with Crippen molar-refractivity contribution in [2.45, 2.75) is 44.1 Å². The lowest BCUT2D eigenvalue weighted by Crippen LogP contribution is -2.52. The summed E-state index contributed by atoms with van der Waals surface area (Å²) in [5.41, 5.74) is 6.89. The van der Waals surface area contributed by atoms with E-state index >= 15 is 0 Å². The smallest absolute Gasteiger partial charge is 0.244 e. The average molecular weight is 405 g/mol. The molecule has 26 heavy (non-hydrogen) atoms. The van der Waals surface area contributed by atoms with E-state index in [1.54, 1.807) is 24.3 Å². The summed E-state index contributed by atoms with van der Waals surface area (Å²) in [4.78, 5) is 26.2. The molecule has 0 aliphatic heterocycles. The second kappa shape index (κ2) is 11.4. The van der Waals surface area contributed by atoms with E-state index < -0.39 is 5.54 Å². The van der Waals surface area contributed by atoms with Crippen LogP contribution in [0.1, 0.15) is 38.5 Å². The predicted octanol–water partition coefficient (Wildman–Crippen LogP) is 3.02. The Balaban J connectivity index is 0.00000312. The van der Waals surface area contributed by atoms with Crippen LogP contribution in [0.5, 0.6) is 0 Å². The summed E-state index contributed by atoms with van der Waals surface area (Å²) in [6.45, 7) is 0.707. The molecule has 0 bridgehead atoms. The topological polar surface area (TPSA) is 87.5 Å². The highest BCUT2D eigenvalue weighted by Crippen LogP contribution is 2.27. The third-order valence-corrected chi connectivity index (χ3v) is 4.41. The van der Waals surface area contributed by atoms with Crippen molar-refractivity contribution >= 4 is 48.0 Å². The van der Waals surface area contributed by atoms with Crippen molar-refractivity contribution in [2.24, 2.45) is 5.73 Å². The van der Waals surface area contributed by atoms with Gasteiger partial charge in [-0.1, -0.05) is 19.3 Å². The van der Waals surface area contributed by atoms with Crippen molar-refractivity contribution in [3.8, 4) is 0 Å². The first-order valence-electron chi connectivity index (χ1n) is 8.54. The van der Waals surface area contributed by atoms with Gasteiger partial charge in [-0.25, -0.2) is 0 Å². The van der Waals surface area contributed by atoms with Gasteiger partial charge in [-0.05, 0) is 51.2 Å². The molecular weight excluding hydrogens is 375 g/mol. The molecule has 2 rings (SSSR count). The molecule has 0 saturated heterocycles. The standard InChI is InChI=1S/C18H28N4O2.2ClH/c1-22(2)13-10-16(23)20-14-6-8-15(9-7-14)21-17(24)18(19)11-4-3-5-12-18;;/h6-9H,3-5,10-13,19H2,1-2H3,(H,20,23)(H,21,24);2*1H. The zero-order valence-corrected chi connectivity index (χ0v) is 17.0. The minimum absolute atomic E-state index is 0. The fraction of sp³-hybridized carbons (Fsp3) is 0.556. The number of carbonyl (C=O) groups excluding carboxylic acids is 2. The fourth-order valence-corrected chi connectivity index (χ4v) is 2.85. The van der Waals surface area contributed by atoms with Crippen LogP contribution in [0.3, 0.4) is 0 Å². The van der Waals surface area contributed by atoms with E-state index in [0.717, 1.165) is 37.8 Å². The van der Waals surface area contributed by atoms with Crippen molar-refractivity contribution in [3.63, 3.8) is 0 Å². The minimum Gasteiger partial charge on any atom is -0.326 e. The van der Waals surface area contributed by atoms with E-state index in [1.807, 2.05) is 19.0 Å². The summed E-state index contributed by atoms with van der Waals surface area (Å²) >= 11 is 0. The maximum Gasteiger partial charge on any atom is 0.244 e. The van der Waals surface area contributed by atoms with Crippen LogP contribution in [0.15, 0.2) is 24.3 Å². The maximum atomic E-state index is 12.4. The van der Waals surface area contributed by atoms with Gasteiger partial charge in [0.1, 0.15) is 0 Å². The lowest BCUT2D eigenvalue weighted by atomic mass is 9.82. The Bertz CT molecular complexity index is 573. The second-order valence-electron chi connectivity index (χ2n) is 6.85. The van der Waals surface area contributed by atoms with E-state index in [-0.39, 0.29) is 36.6 Å². The summed E-state index contributed by atoms with van der Waals surface area (Å²) in [6.07, 6.45) is 5.07. The third-order valence-electron chi connectivity index (χ3n) is 4.41. The molecule has 0 unspecified atom stereocenters. The van der Waals surface area contributed by atoms with Gasteiger partial charge in [-0.2, -0.15) is 0 Å². The summed E-state index contributed by atoms with van der Waals surface area (Å²) in [5, 5.41) is 5.74. The molecule has 1 aromatic carbocycles. The molecule has 0 aromatic heterocycles. The summed E-state index contributed by atoms with van der Waals surface area (Å²) < 4.78 is 0. The predicted molar refractivity (Wildman–Crippen MR) is 111 cm³/mol. The van der Waals surface area contributed by atoms with Crippen LogP contribution in [0, 0.1) is 0 Å². The Morgan fingerprint density at radius 2 is 1.50 bits per heavy atom. The van der Waals surface area contributed by atoms with E-state index in [1.165, 1.54) is 0 Å². The largest absolute Gasteiger partial charge is 0.326 e. The second-order valence-corrected chi connectivity index (χ2v) is 6.85. The lowest BCUT2D eigenvalue weighted by molar-refractivity contribution is -0.122. The van der Waals surface area contributed by atoms with E-state index in [4.69, 9.17) is 5.73 Å². The van der Waals surface area contributed by atoms with Crippen LogP contribution in [0.2, 0.25) is 0 Å². The molecule has 1 aliphatic carbocycles. The third kappa shape index (κ3) is 7.50. The number of benzene rings is 1. The van der Waals surface area contributed by atoms with Crippen LogP contribution in [-0.4, -0.2) is 42.9 Å². The van der Waals surface area contributed by atoms with Gasteiger partial charge < -0.3 is 21.3 Å². The molecule has 1 fully saturated rings. The van der Waals surface area contributed by atoms with Crippen molar-refractivity contribution in [3.05, 3.63) is 24.3 Å². The SMILES string of the molecule is CN(C)CCC(=O)Nc1ccc(NC(=O)C2(N)CCCCC2)cc1.Cl.Cl. The Hall–Kier alpha value is -1.34. The Morgan fingerprint density at radius 3 is 2.00 bits per heavy atom. The Labute approximate surface area is 168 Å². The molecule has 0 radical (unpaired) electrons. The first kappa shape index (κ1) is 24.7. The quantitative estimate of drug-likeness (QED) is 0.679. The molecule has 0 atom stereocenters. The van der Waals surface area contributed by atoms with Crippen molar-refractivity contribution in [2.75, 3.05) is 31.3 Å². The van der Waals surface area contributed by atoms with E-state index in [0.29, 0.717) is 18.7 Å². The number of hydrogen-bond donors (Lipinski definition) is 3. The highest BCUT2D eigenvalue weighted by molar-refractivity contribution is 5.98. The monoisotopic (exact) mass is 404 g/mol. The number of hydrogen-bond acceptors (Lipinski definition) is 4. The molecular formula is C18H30Cl2N4O2. The zero-order valence-electron chi connectivity index (χ0n) is 15.4. The van der Waals surface area contributed by atoms with Crippen LogP contribution < -0.4 is 16.4 Å². The number of nitrogens with zero attached hydrogens (tertiary/aromatic N) is 1. The van der Waals surface area contributed by atoms with Crippen LogP contribution in [0.25, 0.3) is 0 Å². The number of halogens is 2. The van der Waals surface area contributed by atoms with Crippen LogP contribution in [0.4, 0.5) is 11.4 Å². The van der Waals surface area contributed by atoms with Gasteiger partial charge in [-0.3, -0.25) is 9.59 Å². The Morgan fingerprint density at radius 1 is 1.00 bits per heavy atom. The number of nitrogens with two attached hydrogens (primary N) is 1. The first-order valence-corrected chi connectivity index (χ1v) is 8.54. The molecule has 1 saturated carbocycles. The van der Waals surface area contributed by atoms with E-state index in [9.17, 15) is 9.59 Å².